The van der Waals surface area contributed by atoms with Crippen molar-refractivity contribution in [3.05, 3.63) is 82.3 Å². The van der Waals surface area contributed by atoms with Gasteiger partial charge in [-0.15, -0.1) is 0 Å². The number of hydrogen-bond acceptors (Lipinski definition) is 5. The Hall–Kier alpha value is -3.41. The summed E-state index contributed by atoms with van der Waals surface area (Å²) in [5.41, 5.74) is 3.14. The summed E-state index contributed by atoms with van der Waals surface area (Å²) >= 11 is 0. The molecular formula is C23H24N4O2. The summed E-state index contributed by atoms with van der Waals surface area (Å²) in [5, 5.41) is 15.5. The summed E-state index contributed by atoms with van der Waals surface area (Å²) < 4.78 is 7.28. The van der Waals surface area contributed by atoms with E-state index >= 15 is 0 Å². The van der Waals surface area contributed by atoms with Crippen molar-refractivity contribution in [3.8, 4) is 11.4 Å². The number of anilines is 1. The molecule has 6 heteroatoms. The average Bonchev–Trinajstić information content (AvgIpc) is 3.60. The Morgan fingerprint density at radius 3 is 2.72 bits per heavy atom. The van der Waals surface area contributed by atoms with Gasteiger partial charge in [0, 0.05) is 24.4 Å². The summed E-state index contributed by atoms with van der Waals surface area (Å²) in [6.07, 6.45) is 5.76. The van der Waals surface area contributed by atoms with Crippen LogP contribution in [0.4, 0.5) is 5.69 Å². The Morgan fingerprint density at radius 1 is 1.24 bits per heavy atom. The molecule has 1 fully saturated rings. The number of methoxy groups -OCH3 is 1. The third-order valence-corrected chi connectivity index (χ3v) is 5.13. The molecule has 2 N–H and O–H groups in total. The van der Waals surface area contributed by atoms with Crippen molar-refractivity contribution in [1.29, 1.82) is 5.41 Å². The Bertz CT molecular complexity index is 1060. The van der Waals surface area contributed by atoms with E-state index in [4.69, 9.17) is 10.1 Å². The standard InChI is InChI=1S/C23H24N4O2/c1-29-22-15-17(16-7-8-16)9-10-20(22)27-14-12-21(28)23(26-27)19(11-13-24)25-18-5-3-2-4-6-18/h2-6,9-10,12-16,19,24-25H,7-8,11H2,1H3. The first-order chi connectivity index (χ1) is 14.2. The second-order valence-corrected chi connectivity index (χ2v) is 7.22. The van der Waals surface area contributed by atoms with Gasteiger partial charge in [-0.2, -0.15) is 5.10 Å². The van der Waals surface area contributed by atoms with E-state index in [1.807, 2.05) is 36.4 Å². The van der Waals surface area contributed by atoms with Crippen LogP contribution in [-0.2, 0) is 0 Å². The third kappa shape index (κ3) is 4.21. The molecule has 0 aliphatic heterocycles. The predicted molar refractivity (Wildman–Crippen MR) is 115 cm³/mol. The highest BCUT2D eigenvalue weighted by molar-refractivity contribution is 5.57. The molecule has 1 saturated carbocycles. The van der Waals surface area contributed by atoms with Crippen LogP contribution in [-0.4, -0.2) is 23.1 Å². The third-order valence-electron chi connectivity index (χ3n) is 5.13. The second kappa shape index (κ2) is 8.31. The van der Waals surface area contributed by atoms with Crippen LogP contribution in [0, 0.1) is 5.41 Å². The molecule has 29 heavy (non-hydrogen) atoms. The van der Waals surface area contributed by atoms with Crippen LogP contribution in [0.2, 0.25) is 0 Å². The van der Waals surface area contributed by atoms with E-state index in [1.54, 1.807) is 18.0 Å². The molecule has 1 aromatic heterocycles. The number of benzene rings is 2. The Labute approximate surface area is 169 Å². The number of para-hydroxylation sites is 1. The monoisotopic (exact) mass is 388 g/mol. The van der Waals surface area contributed by atoms with Crippen LogP contribution < -0.4 is 15.5 Å². The molecule has 1 aliphatic carbocycles. The molecule has 0 spiro atoms. The van der Waals surface area contributed by atoms with Crippen LogP contribution >= 0.6 is 0 Å². The fourth-order valence-corrected chi connectivity index (χ4v) is 3.44. The lowest BCUT2D eigenvalue weighted by molar-refractivity contribution is 0.410. The number of rotatable bonds is 8. The first kappa shape index (κ1) is 18.9. The van der Waals surface area contributed by atoms with Crippen molar-refractivity contribution in [2.24, 2.45) is 0 Å². The van der Waals surface area contributed by atoms with E-state index in [0.717, 1.165) is 17.1 Å². The maximum absolute atomic E-state index is 12.6. The zero-order valence-corrected chi connectivity index (χ0v) is 16.3. The zero-order chi connectivity index (χ0) is 20.2. The van der Waals surface area contributed by atoms with Crippen LogP contribution in [0.5, 0.6) is 5.75 Å². The lowest BCUT2D eigenvalue weighted by atomic mass is 10.1. The lowest BCUT2D eigenvalue weighted by Gasteiger charge is -2.19. The second-order valence-electron chi connectivity index (χ2n) is 7.22. The van der Waals surface area contributed by atoms with Crippen LogP contribution in [0.1, 0.15) is 42.5 Å². The first-order valence-corrected chi connectivity index (χ1v) is 9.78. The van der Waals surface area contributed by atoms with Gasteiger partial charge in [-0.1, -0.05) is 24.3 Å². The van der Waals surface area contributed by atoms with Gasteiger partial charge in [0.15, 0.2) is 0 Å². The molecule has 0 bridgehead atoms. The predicted octanol–water partition coefficient (Wildman–Crippen LogP) is 4.31. The molecule has 0 amide bonds. The molecule has 1 unspecified atom stereocenters. The van der Waals surface area contributed by atoms with Gasteiger partial charge in [-0.3, -0.25) is 4.79 Å². The highest BCUT2D eigenvalue weighted by Crippen LogP contribution is 2.42. The minimum atomic E-state index is -0.397. The smallest absolute Gasteiger partial charge is 0.205 e. The Balaban J connectivity index is 1.71. The van der Waals surface area contributed by atoms with Crippen LogP contribution in [0.3, 0.4) is 0 Å². The molecule has 148 valence electrons. The van der Waals surface area contributed by atoms with Crippen molar-refractivity contribution < 1.29 is 4.74 Å². The fourth-order valence-electron chi connectivity index (χ4n) is 3.44. The highest BCUT2D eigenvalue weighted by atomic mass is 16.5. The number of nitrogens with zero attached hydrogens (tertiary/aromatic N) is 2. The topological polar surface area (TPSA) is 80.0 Å². The number of hydrogen-bond donors (Lipinski definition) is 2. The van der Waals surface area contributed by atoms with Gasteiger partial charge >= 0.3 is 0 Å². The molecule has 1 heterocycles. The van der Waals surface area contributed by atoms with Crippen LogP contribution in [0.25, 0.3) is 5.69 Å². The molecule has 1 atom stereocenters. The summed E-state index contributed by atoms with van der Waals surface area (Å²) in [4.78, 5) is 12.6. The van der Waals surface area contributed by atoms with Crippen molar-refractivity contribution in [2.75, 3.05) is 12.4 Å². The molecule has 2 aromatic carbocycles. The van der Waals surface area contributed by atoms with Gasteiger partial charge in [0.25, 0.3) is 0 Å². The van der Waals surface area contributed by atoms with Crippen LogP contribution in [0.15, 0.2) is 65.6 Å². The van der Waals surface area contributed by atoms with Crippen molar-refractivity contribution in [1.82, 2.24) is 9.78 Å². The summed E-state index contributed by atoms with van der Waals surface area (Å²) in [5.74, 6) is 1.36. The molecular weight excluding hydrogens is 364 g/mol. The van der Waals surface area contributed by atoms with Gasteiger partial charge in [0.1, 0.15) is 17.1 Å². The van der Waals surface area contributed by atoms with Gasteiger partial charge in [-0.05, 0) is 54.8 Å². The van der Waals surface area contributed by atoms with E-state index in [-0.39, 0.29) is 5.43 Å². The summed E-state index contributed by atoms with van der Waals surface area (Å²) in [6, 6.07) is 16.9. The normalized spacial score (nSPS) is 14.2. The van der Waals surface area contributed by atoms with E-state index in [1.165, 1.54) is 30.7 Å². The van der Waals surface area contributed by atoms with Crippen molar-refractivity contribution in [3.63, 3.8) is 0 Å². The maximum atomic E-state index is 12.6. The van der Waals surface area contributed by atoms with E-state index < -0.39 is 6.04 Å². The molecule has 0 radical (unpaired) electrons. The molecule has 4 rings (SSSR count). The van der Waals surface area contributed by atoms with E-state index in [2.05, 4.69) is 22.5 Å². The largest absolute Gasteiger partial charge is 0.494 e. The van der Waals surface area contributed by atoms with E-state index in [0.29, 0.717) is 18.0 Å². The minimum absolute atomic E-state index is 0.162. The lowest BCUT2D eigenvalue weighted by Crippen LogP contribution is -2.24. The van der Waals surface area contributed by atoms with E-state index in [9.17, 15) is 4.79 Å². The van der Waals surface area contributed by atoms with Gasteiger partial charge < -0.3 is 15.5 Å². The maximum Gasteiger partial charge on any atom is 0.205 e. The van der Waals surface area contributed by atoms with Gasteiger partial charge in [0.05, 0.1) is 13.2 Å². The molecule has 3 aromatic rings. The van der Waals surface area contributed by atoms with Gasteiger partial charge in [0.2, 0.25) is 5.43 Å². The van der Waals surface area contributed by atoms with Gasteiger partial charge in [-0.25, -0.2) is 4.68 Å². The average molecular weight is 388 g/mol. The number of aromatic nitrogens is 2. The summed E-state index contributed by atoms with van der Waals surface area (Å²) in [7, 11) is 1.65. The zero-order valence-electron chi connectivity index (χ0n) is 16.3. The number of ether oxygens (including phenoxy) is 1. The minimum Gasteiger partial charge on any atom is -0.494 e. The fraction of sp³-hybridized carbons (Fsp3) is 0.261. The van der Waals surface area contributed by atoms with Crippen molar-refractivity contribution in [2.45, 2.75) is 31.2 Å². The number of nitrogens with one attached hydrogen (secondary N) is 2. The van der Waals surface area contributed by atoms with Crippen molar-refractivity contribution >= 4 is 11.9 Å². The Morgan fingerprint density at radius 2 is 2.03 bits per heavy atom. The molecule has 6 nitrogen and oxygen atoms in total. The quantitative estimate of drug-likeness (QED) is 0.564. The highest BCUT2D eigenvalue weighted by Gasteiger charge is 2.25. The molecule has 0 saturated heterocycles. The first-order valence-electron chi connectivity index (χ1n) is 9.78. The Kier molecular flexibility index (Phi) is 5.42. The molecule has 1 aliphatic rings. The summed E-state index contributed by atoms with van der Waals surface area (Å²) in [6.45, 7) is 0. The SMILES string of the molecule is COc1cc(C2CC2)ccc1-n1ccc(=O)c(C(CC=N)Nc2ccccc2)n1.